The summed E-state index contributed by atoms with van der Waals surface area (Å²) in [5.74, 6) is -1.13. The molecule has 2 radical (unpaired) electrons. The van der Waals surface area contributed by atoms with Crippen molar-refractivity contribution in [3.63, 3.8) is 0 Å². The van der Waals surface area contributed by atoms with Gasteiger partial charge in [0.1, 0.15) is 12.7 Å². The second-order valence-electron chi connectivity index (χ2n) is 3.65. The van der Waals surface area contributed by atoms with Gasteiger partial charge in [0.05, 0.1) is 24.7 Å². The van der Waals surface area contributed by atoms with Crippen molar-refractivity contribution in [1.82, 2.24) is 0 Å². The molecule has 0 aliphatic carbocycles. The van der Waals surface area contributed by atoms with Crippen LogP contribution in [0.15, 0.2) is 18.2 Å². The molecular weight excluding hydrogens is 272 g/mol. The number of benzene rings is 1. The second kappa shape index (κ2) is 6.68. The molecule has 0 heterocycles. The van der Waals surface area contributed by atoms with Crippen LogP contribution in [0, 0.1) is 11.3 Å². The van der Waals surface area contributed by atoms with Gasteiger partial charge in [0.25, 0.3) is 0 Å². The van der Waals surface area contributed by atoms with Crippen molar-refractivity contribution in [3.05, 3.63) is 29.3 Å². The molecule has 1 atom stereocenters. The molecule has 0 saturated heterocycles. The lowest BCUT2D eigenvalue weighted by molar-refractivity contribution is 0.0599. The Bertz CT molecular complexity index is 485. The minimum absolute atomic E-state index is 0.215. The fraction of sp³-hybridized carbons (Fsp3) is 0.333. The van der Waals surface area contributed by atoms with Crippen LogP contribution in [-0.4, -0.2) is 25.8 Å². The Morgan fingerprint density at radius 2 is 2.22 bits per heavy atom. The molecule has 1 aromatic carbocycles. The predicted molar refractivity (Wildman–Crippen MR) is 71.6 cm³/mol. The van der Waals surface area contributed by atoms with Crippen molar-refractivity contribution in [2.75, 3.05) is 7.11 Å². The third kappa shape index (κ3) is 3.66. The summed E-state index contributed by atoms with van der Waals surface area (Å²) in [7, 11) is 6.94. The number of hydrogen-bond acceptors (Lipinski definition) is 3. The van der Waals surface area contributed by atoms with E-state index in [9.17, 15) is 4.79 Å². The molecular formula is C12H10BCl2NO2. The zero-order valence-corrected chi connectivity index (χ0v) is 11.2. The maximum Gasteiger partial charge on any atom is 0.338 e. The highest BCUT2D eigenvalue weighted by Crippen LogP contribution is 2.27. The number of methoxy groups -OCH3 is 1. The van der Waals surface area contributed by atoms with Gasteiger partial charge in [0.2, 0.25) is 0 Å². The molecule has 0 saturated carbocycles. The first kappa shape index (κ1) is 14.9. The SMILES string of the molecule is [B]c1ccc(C(=O)OC)c(C(C#N)CC(Cl)Cl)c1. The largest absolute Gasteiger partial charge is 0.465 e. The highest BCUT2D eigenvalue weighted by molar-refractivity contribution is 6.44. The molecule has 0 bridgehead atoms. The molecule has 1 rings (SSSR count). The smallest absolute Gasteiger partial charge is 0.338 e. The lowest BCUT2D eigenvalue weighted by atomic mass is 9.86. The van der Waals surface area contributed by atoms with Crippen LogP contribution in [0.2, 0.25) is 0 Å². The van der Waals surface area contributed by atoms with Gasteiger partial charge in [-0.1, -0.05) is 17.6 Å². The quantitative estimate of drug-likeness (QED) is 0.482. The van der Waals surface area contributed by atoms with E-state index in [1.165, 1.54) is 13.2 Å². The third-order valence-electron chi connectivity index (χ3n) is 2.43. The fourth-order valence-electron chi connectivity index (χ4n) is 1.59. The van der Waals surface area contributed by atoms with Gasteiger partial charge in [-0.15, -0.1) is 23.2 Å². The second-order valence-corrected chi connectivity index (χ2v) is 4.92. The number of rotatable bonds is 4. The van der Waals surface area contributed by atoms with Crippen molar-refractivity contribution in [1.29, 1.82) is 5.26 Å². The van der Waals surface area contributed by atoms with E-state index in [0.717, 1.165) is 0 Å². The molecule has 3 nitrogen and oxygen atoms in total. The maximum absolute atomic E-state index is 11.6. The zero-order chi connectivity index (χ0) is 13.7. The summed E-state index contributed by atoms with van der Waals surface area (Å²) in [5, 5.41) is 9.14. The summed E-state index contributed by atoms with van der Waals surface area (Å²) in [5.41, 5.74) is 1.24. The van der Waals surface area contributed by atoms with E-state index in [0.29, 0.717) is 16.6 Å². The van der Waals surface area contributed by atoms with E-state index in [1.54, 1.807) is 12.1 Å². The maximum atomic E-state index is 11.6. The Labute approximate surface area is 117 Å². The van der Waals surface area contributed by atoms with Crippen molar-refractivity contribution in [2.45, 2.75) is 17.2 Å². The Kier molecular flexibility index (Phi) is 5.52. The topological polar surface area (TPSA) is 50.1 Å². The van der Waals surface area contributed by atoms with Crippen molar-refractivity contribution in [2.24, 2.45) is 0 Å². The molecule has 18 heavy (non-hydrogen) atoms. The van der Waals surface area contributed by atoms with Gasteiger partial charge >= 0.3 is 5.97 Å². The van der Waals surface area contributed by atoms with Crippen molar-refractivity contribution < 1.29 is 9.53 Å². The Balaban J connectivity index is 3.23. The molecule has 0 amide bonds. The van der Waals surface area contributed by atoms with Gasteiger partial charge in [-0.3, -0.25) is 0 Å². The van der Waals surface area contributed by atoms with Crippen LogP contribution in [0.3, 0.4) is 0 Å². The van der Waals surface area contributed by atoms with Crippen LogP contribution in [0.4, 0.5) is 0 Å². The zero-order valence-electron chi connectivity index (χ0n) is 9.69. The highest BCUT2D eigenvalue weighted by Gasteiger charge is 2.21. The standard InChI is InChI=1S/C12H10BCl2NO2/c1-18-12(17)9-3-2-8(13)5-10(9)7(6-16)4-11(14)15/h2-3,5,7,11H,4H2,1H3. The normalized spacial score (nSPS) is 11.9. The van der Waals surface area contributed by atoms with Gasteiger partial charge in [0, 0.05) is 0 Å². The number of esters is 1. The molecule has 0 aromatic heterocycles. The minimum atomic E-state index is -0.693. The van der Waals surface area contributed by atoms with Crippen LogP contribution in [0.1, 0.15) is 28.3 Å². The molecule has 1 unspecified atom stereocenters. The summed E-state index contributed by atoms with van der Waals surface area (Å²) in [6, 6.07) is 6.73. The van der Waals surface area contributed by atoms with Crippen LogP contribution >= 0.6 is 23.2 Å². The Morgan fingerprint density at radius 1 is 1.56 bits per heavy atom. The van der Waals surface area contributed by atoms with E-state index in [4.69, 9.17) is 36.3 Å². The number of nitrogens with zero attached hydrogens (tertiary/aromatic N) is 1. The first-order valence-corrected chi connectivity index (χ1v) is 6.02. The lowest BCUT2D eigenvalue weighted by Crippen LogP contribution is -2.14. The summed E-state index contributed by atoms with van der Waals surface area (Å²) in [6.45, 7) is 0. The number of carbonyl (C=O) groups excluding carboxylic acids is 1. The molecule has 0 spiro atoms. The molecule has 92 valence electrons. The van der Waals surface area contributed by atoms with E-state index in [-0.39, 0.29) is 6.42 Å². The molecule has 0 N–H and O–H groups in total. The predicted octanol–water partition coefficient (Wildman–Crippen LogP) is 2.07. The summed E-state index contributed by atoms with van der Waals surface area (Å²) in [6.07, 6.45) is 0.215. The van der Waals surface area contributed by atoms with E-state index in [1.807, 2.05) is 0 Å². The van der Waals surface area contributed by atoms with Gasteiger partial charge in [-0.05, 0) is 18.1 Å². The van der Waals surface area contributed by atoms with Gasteiger partial charge in [-0.2, -0.15) is 5.26 Å². The van der Waals surface area contributed by atoms with Crippen molar-refractivity contribution in [3.8, 4) is 6.07 Å². The lowest BCUT2D eigenvalue weighted by Gasteiger charge is -2.14. The number of halogens is 2. The van der Waals surface area contributed by atoms with Crippen LogP contribution in [0.25, 0.3) is 0 Å². The number of hydrogen-bond donors (Lipinski definition) is 0. The Hall–Kier alpha value is -1.18. The number of ether oxygens (including phenoxy) is 1. The first-order chi connectivity index (χ1) is 8.49. The van der Waals surface area contributed by atoms with Crippen LogP contribution < -0.4 is 5.46 Å². The average Bonchev–Trinajstić information content (AvgIpc) is 2.34. The first-order valence-electron chi connectivity index (χ1n) is 5.15. The third-order valence-corrected chi connectivity index (χ3v) is 2.78. The van der Waals surface area contributed by atoms with Gasteiger partial charge in [0.15, 0.2) is 0 Å². The van der Waals surface area contributed by atoms with Gasteiger partial charge in [-0.25, -0.2) is 4.79 Å². The molecule has 6 heteroatoms. The molecule has 0 aliphatic heterocycles. The summed E-state index contributed by atoms with van der Waals surface area (Å²) in [4.78, 5) is 10.9. The van der Waals surface area contributed by atoms with E-state index >= 15 is 0 Å². The minimum Gasteiger partial charge on any atom is -0.465 e. The monoisotopic (exact) mass is 281 g/mol. The van der Waals surface area contributed by atoms with E-state index < -0.39 is 16.7 Å². The number of nitriles is 1. The summed E-state index contributed by atoms with van der Waals surface area (Å²) >= 11 is 11.3. The highest BCUT2D eigenvalue weighted by atomic mass is 35.5. The van der Waals surface area contributed by atoms with E-state index in [2.05, 4.69) is 10.8 Å². The fourth-order valence-corrected chi connectivity index (χ4v) is 1.95. The molecule has 0 fully saturated rings. The average molecular weight is 282 g/mol. The van der Waals surface area contributed by atoms with Crippen LogP contribution in [-0.2, 0) is 4.74 Å². The number of carbonyl (C=O) groups is 1. The Morgan fingerprint density at radius 3 is 2.72 bits per heavy atom. The molecule has 1 aromatic rings. The molecule has 0 aliphatic rings. The van der Waals surface area contributed by atoms with Crippen molar-refractivity contribution >= 4 is 42.5 Å². The number of alkyl halides is 2. The van der Waals surface area contributed by atoms with Gasteiger partial charge < -0.3 is 4.74 Å². The summed E-state index contributed by atoms with van der Waals surface area (Å²) < 4.78 is 4.66. The van der Waals surface area contributed by atoms with Crippen LogP contribution in [0.5, 0.6) is 0 Å².